The Morgan fingerprint density at radius 3 is 2.50 bits per heavy atom. The molecule has 1 heterocycles. The molecule has 1 aromatic heterocycles. The molecule has 1 aromatic carbocycles. The topological polar surface area (TPSA) is 38.1 Å². The lowest BCUT2D eigenvalue weighted by Gasteiger charge is -2.36. The number of carbonyl (C=O) groups excluding carboxylic acids is 1. The van der Waals surface area contributed by atoms with E-state index in [9.17, 15) is 4.79 Å². The van der Waals surface area contributed by atoms with Crippen molar-refractivity contribution >= 4 is 17.7 Å². The molecule has 1 amide bonds. The number of nitrogens with zero attached hydrogens (tertiary/aromatic N) is 3. The van der Waals surface area contributed by atoms with Gasteiger partial charge in [0.05, 0.1) is 5.75 Å². The molecule has 118 valence electrons. The van der Waals surface area contributed by atoms with Crippen molar-refractivity contribution < 1.29 is 4.79 Å². The molecule has 0 N–H and O–H groups in total. The molecule has 0 fully saturated rings. The molecule has 0 atom stereocenters. The van der Waals surface area contributed by atoms with E-state index in [1.165, 1.54) is 11.8 Å². The number of amides is 1. The van der Waals surface area contributed by atoms with Gasteiger partial charge in [-0.3, -0.25) is 4.79 Å². The molecule has 2 rings (SSSR count). The molecule has 0 aliphatic rings. The Morgan fingerprint density at radius 2 is 1.95 bits per heavy atom. The summed E-state index contributed by atoms with van der Waals surface area (Å²) >= 11 is 1.48. The van der Waals surface area contributed by atoms with E-state index >= 15 is 0 Å². The van der Waals surface area contributed by atoms with Gasteiger partial charge in [0.25, 0.3) is 0 Å². The standard InChI is InChI=1S/C17H23N3OS/c1-17(2,3)20(12-14-8-6-5-7-9-14)15(21)13-22-16-18-10-11-19(16)4/h5-11H,12-13H2,1-4H3. The van der Waals surface area contributed by atoms with Gasteiger partial charge in [-0.25, -0.2) is 4.98 Å². The van der Waals surface area contributed by atoms with Crippen LogP contribution in [-0.2, 0) is 18.4 Å². The summed E-state index contributed by atoms with van der Waals surface area (Å²) in [6.45, 7) is 6.84. The molecule has 0 spiro atoms. The third kappa shape index (κ3) is 4.37. The lowest BCUT2D eigenvalue weighted by atomic mass is 10.0. The molecule has 0 aliphatic heterocycles. The minimum Gasteiger partial charge on any atom is -0.333 e. The molecule has 4 nitrogen and oxygen atoms in total. The number of hydrogen-bond acceptors (Lipinski definition) is 3. The second-order valence-corrected chi connectivity index (χ2v) is 7.19. The number of aromatic nitrogens is 2. The first-order valence-electron chi connectivity index (χ1n) is 7.32. The van der Waals surface area contributed by atoms with Crippen molar-refractivity contribution in [2.24, 2.45) is 7.05 Å². The number of hydrogen-bond donors (Lipinski definition) is 0. The molecule has 2 aromatic rings. The Hall–Kier alpha value is -1.75. The van der Waals surface area contributed by atoms with Gasteiger partial charge in [0, 0.05) is 31.5 Å². The van der Waals surface area contributed by atoms with Gasteiger partial charge in [-0.05, 0) is 26.3 Å². The zero-order valence-corrected chi connectivity index (χ0v) is 14.4. The SMILES string of the molecule is Cn1ccnc1SCC(=O)N(Cc1ccccc1)C(C)(C)C. The molecule has 5 heteroatoms. The van der Waals surface area contributed by atoms with Crippen LogP contribution >= 0.6 is 11.8 Å². The summed E-state index contributed by atoms with van der Waals surface area (Å²) in [5.74, 6) is 0.527. The highest BCUT2D eigenvalue weighted by atomic mass is 32.2. The summed E-state index contributed by atoms with van der Waals surface area (Å²) < 4.78 is 1.93. The molecule has 0 aliphatic carbocycles. The minimum absolute atomic E-state index is 0.129. The van der Waals surface area contributed by atoms with Crippen molar-refractivity contribution in [1.29, 1.82) is 0 Å². The molecular weight excluding hydrogens is 294 g/mol. The number of imidazole rings is 1. The average Bonchev–Trinajstić information content (AvgIpc) is 2.87. The zero-order chi connectivity index (χ0) is 16.2. The van der Waals surface area contributed by atoms with Crippen molar-refractivity contribution in [3.63, 3.8) is 0 Å². The Bertz CT molecular complexity index is 616. The Balaban J connectivity index is 2.05. The molecule has 0 saturated carbocycles. The monoisotopic (exact) mass is 317 g/mol. The van der Waals surface area contributed by atoms with E-state index in [1.807, 2.05) is 40.9 Å². The molecule has 0 radical (unpaired) electrons. The van der Waals surface area contributed by atoms with Gasteiger partial charge < -0.3 is 9.47 Å². The normalized spacial score (nSPS) is 11.5. The Labute approximate surface area is 136 Å². The van der Waals surface area contributed by atoms with Crippen LogP contribution in [0.15, 0.2) is 47.9 Å². The summed E-state index contributed by atoms with van der Waals surface area (Å²) in [6.07, 6.45) is 3.64. The van der Waals surface area contributed by atoms with E-state index in [1.54, 1.807) is 6.20 Å². The van der Waals surface area contributed by atoms with E-state index in [-0.39, 0.29) is 11.4 Å². The lowest BCUT2D eigenvalue weighted by molar-refractivity contribution is -0.133. The van der Waals surface area contributed by atoms with Crippen LogP contribution in [0.2, 0.25) is 0 Å². The van der Waals surface area contributed by atoms with E-state index in [4.69, 9.17) is 0 Å². The number of aryl methyl sites for hydroxylation is 1. The second-order valence-electron chi connectivity index (χ2n) is 6.25. The average molecular weight is 317 g/mol. The third-order valence-electron chi connectivity index (χ3n) is 3.40. The van der Waals surface area contributed by atoms with Crippen molar-refractivity contribution in [3.05, 3.63) is 48.3 Å². The highest BCUT2D eigenvalue weighted by Crippen LogP contribution is 2.21. The fourth-order valence-corrected chi connectivity index (χ4v) is 2.97. The predicted octanol–water partition coefficient (Wildman–Crippen LogP) is 3.34. The highest BCUT2D eigenvalue weighted by molar-refractivity contribution is 7.99. The van der Waals surface area contributed by atoms with Crippen LogP contribution in [0.1, 0.15) is 26.3 Å². The number of carbonyl (C=O) groups is 1. The first-order valence-corrected chi connectivity index (χ1v) is 8.31. The minimum atomic E-state index is -0.213. The summed E-state index contributed by atoms with van der Waals surface area (Å²) in [7, 11) is 1.94. The van der Waals surface area contributed by atoms with Crippen molar-refractivity contribution in [2.45, 2.75) is 38.0 Å². The van der Waals surface area contributed by atoms with Gasteiger partial charge in [0.15, 0.2) is 5.16 Å². The maximum atomic E-state index is 12.7. The molecule has 22 heavy (non-hydrogen) atoms. The van der Waals surface area contributed by atoms with Crippen LogP contribution in [-0.4, -0.2) is 31.6 Å². The molecular formula is C17H23N3OS. The summed E-state index contributed by atoms with van der Waals surface area (Å²) in [4.78, 5) is 18.8. The number of benzene rings is 1. The van der Waals surface area contributed by atoms with E-state index < -0.39 is 0 Å². The fraction of sp³-hybridized carbons (Fsp3) is 0.412. The van der Waals surface area contributed by atoms with Crippen LogP contribution in [0.5, 0.6) is 0 Å². The van der Waals surface area contributed by atoms with E-state index in [0.29, 0.717) is 12.3 Å². The van der Waals surface area contributed by atoms with Crippen LogP contribution in [0.3, 0.4) is 0 Å². The van der Waals surface area contributed by atoms with Crippen LogP contribution < -0.4 is 0 Å². The van der Waals surface area contributed by atoms with Crippen molar-refractivity contribution in [3.8, 4) is 0 Å². The van der Waals surface area contributed by atoms with Crippen LogP contribution in [0, 0.1) is 0 Å². The first-order chi connectivity index (χ1) is 10.4. The fourth-order valence-electron chi connectivity index (χ4n) is 2.16. The molecule has 0 bridgehead atoms. The zero-order valence-electron chi connectivity index (χ0n) is 13.6. The van der Waals surface area contributed by atoms with Crippen molar-refractivity contribution in [1.82, 2.24) is 14.5 Å². The summed E-state index contributed by atoms with van der Waals surface area (Å²) in [5, 5.41) is 0.863. The van der Waals surface area contributed by atoms with Gasteiger partial charge >= 0.3 is 0 Å². The van der Waals surface area contributed by atoms with Crippen LogP contribution in [0.25, 0.3) is 0 Å². The van der Waals surface area contributed by atoms with Crippen LogP contribution in [0.4, 0.5) is 0 Å². The summed E-state index contributed by atoms with van der Waals surface area (Å²) in [5.41, 5.74) is 0.933. The lowest BCUT2D eigenvalue weighted by Crippen LogP contribution is -2.45. The van der Waals surface area contributed by atoms with Gasteiger partial charge in [-0.1, -0.05) is 42.1 Å². The predicted molar refractivity (Wildman–Crippen MR) is 90.7 cm³/mol. The largest absolute Gasteiger partial charge is 0.333 e. The maximum absolute atomic E-state index is 12.7. The number of rotatable bonds is 5. The second kappa shape index (κ2) is 7.01. The first kappa shape index (κ1) is 16.6. The van der Waals surface area contributed by atoms with Gasteiger partial charge in [-0.2, -0.15) is 0 Å². The number of thioether (sulfide) groups is 1. The highest BCUT2D eigenvalue weighted by Gasteiger charge is 2.26. The van der Waals surface area contributed by atoms with Gasteiger partial charge in [0.2, 0.25) is 5.91 Å². The quantitative estimate of drug-likeness (QED) is 0.794. The Kier molecular flexibility index (Phi) is 5.29. The Morgan fingerprint density at radius 1 is 1.27 bits per heavy atom. The van der Waals surface area contributed by atoms with E-state index in [2.05, 4.69) is 37.9 Å². The molecule has 0 saturated heterocycles. The van der Waals surface area contributed by atoms with Gasteiger partial charge in [-0.15, -0.1) is 0 Å². The summed E-state index contributed by atoms with van der Waals surface area (Å²) in [6, 6.07) is 10.1. The van der Waals surface area contributed by atoms with E-state index in [0.717, 1.165) is 10.7 Å². The van der Waals surface area contributed by atoms with Crippen molar-refractivity contribution in [2.75, 3.05) is 5.75 Å². The van der Waals surface area contributed by atoms with Gasteiger partial charge in [0.1, 0.15) is 0 Å². The maximum Gasteiger partial charge on any atom is 0.233 e. The molecule has 0 unspecified atom stereocenters. The third-order valence-corrected chi connectivity index (χ3v) is 4.44. The smallest absolute Gasteiger partial charge is 0.233 e.